The second-order valence-corrected chi connectivity index (χ2v) is 12.8. The highest BCUT2D eigenvalue weighted by atomic mass is 31.2. The van der Waals surface area contributed by atoms with E-state index in [1.54, 1.807) is 0 Å². The molecule has 0 aliphatic heterocycles. The lowest BCUT2D eigenvalue weighted by Gasteiger charge is -2.28. The molecule has 0 rings (SSSR count). The van der Waals surface area contributed by atoms with Gasteiger partial charge in [-0.3, -0.25) is 9.36 Å². The van der Waals surface area contributed by atoms with Crippen LogP contribution in [-0.4, -0.2) is 70.7 Å². The number of hydrogen-bond acceptors (Lipinski definition) is 7. The SMILES string of the molecule is CC/C=C\C/C=C\C/C=C\C/C=C\C/C=C\C/C=C\CCCOCC(COP(=O)([O-])OCC[N+](C)(C)C)OC(=O)CCCC. The van der Waals surface area contributed by atoms with Crippen molar-refractivity contribution in [2.45, 2.75) is 90.6 Å². The van der Waals surface area contributed by atoms with Gasteiger partial charge in [-0.25, -0.2) is 0 Å². The van der Waals surface area contributed by atoms with Crippen molar-refractivity contribution in [3.05, 3.63) is 72.9 Å². The molecule has 0 aliphatic rings. The minimum atomic E-state index is -4.51. The smallest absolute Gasteiger partial charge is 0.306 e. The zero-order valence-electron chi connectivity index (χ0n) is 28.1. The predicted octanol–water partition coefficient (Wildman–Crippen LogP) is 7.79. The fourth-order valence-corrected chi connectivity index (χ4v) is 4.21. The lowest BCUT2D eigenvalue weighted by Crippen LogP contribution is -2.37. The van der Waals surface area contributed by atoms with Crippen LogP contribution in [0.25, 0.3) is 0 Å². The number of unbranched alkanes of at least 4 members (excludes halogenated alkanes) is 2. The van der Waals surface area contributed by atoms with Crippen LogP contribution in [0.4, 0.5) is 0 Å². The van der Waals surface area contributed by atoms with Crippen LogP contribution in [0.3, 0.4) is 0 Å². The van der Waals surface area contributed by atoms with Crippen molar-refractivity contribution in [1.82, 2.24) is 0 Å². The molecule has 9 heteroatoms. The van der Waals surface area contributed by atoms with Crippen molar-refractivity contribution >= 4 is 13.8 Å². The molecule has 0 aliphatic carbocycles. The first-order valence-corrected chi connectivity index (χ1v) is 17.6. The molecule has 0 heterocycles. The van der Waals surface area contributed by atoms with E-state index >= 15 is 0 Å². The van der Waals surface area contributed by atoms with Gasteiger partial charge in [0.05, 0.1) is 34.4 Å². The minimum absolute atomic E-state index is 0.0102. The third-order valence-corrected chi connectivity index (χ3v) is 6.99. The lowest BCUT2D eigenvalue weighted by atomic mass is 10.2. The van der Waals surface area contributed by atoms with Crippen molar-refractivity contribution in [2.75, 3.05) is 54.1 Å². The highest BCUT2D eigenvalue weighted by Crippen LogP contribution is 2.38. The number of phosphoric acid groups is 1. The Kier molecular flexibility index (Phi) is 27.1. The summed E-state index contributed by atoms with van der Waals surface area (Å²) in [6.07, 6.45) is 34.6. The van der Waals surface area contributed by atoms with Crippen molar-refractivity contribution in [2.24, 2.45) is 0 Å². The molecule has 0 aromatic carbocycles. The van der Waals surface area contributed by atoms with Gasteiger partial charge in [0, 0.05) is 13.0 Å². The van der Waals surface area contributed by atoms with Gasteiger partial charge in [-0.2, -0.15) is 0 Å². The Morgan fingerprint density at radius 2 is 1.25 bits per heavy atom. The Labute approximate surface area is 268 Å². The van der Waals surface area contributed by atoms with Crippen molar-refractivity contribution < 1.29 is 37.3 Å². The molecule has 0 aromatic rings. The van der Waals surface area contributed by atoms with E-state index in [4.69, 9.17) is 18.5 Å². The molecule has 0 spiro atoms. The highest BCUT2D eigenvalue weighted by Gasteiger charge is 2.20. The number of allylic oxidation sites excluding steroid dienone is 12. The van der Waals surface area contributed by atoms with Crippen LogP contribution >= 0.6 is 7.82 Å². The van der Waals surface area contributed by atoms with Gasteiger partial charge in [-0.1, -0.05) is 93.2 Å². The number of rotatable bonds is 28. The fourth-order valence-electron chi connectivity index (χ4n) is 3.48. The molecule has 2 unspecified atom stereocenters. The number of esters is 1. The molecule has 0 radical (unpaired) electrons. The van der Waals surface area contributed by atoms with Gasteiger partial charge in [0.25, 0.3) is 7.82 Å². The number of hydrogen-bond donors (Lipinski definition) is 0. The Morgan fingerprint density at radius 3 is 1.75 bits per heavy atom. The van der Waals surface area contributed by atoms with E-state index in [-0.39, 0.29) is 26.2 Å². The fraction of sp³-hybridized carbons (Fsp3) is 0.629. The maximum Gasteiger partial charge on any atom is 0.306 e. The third kappa shape index (κ3) is 31.4. The van der Waals surface area contributed by atoms with Crippen molar-refractivity contribution in [3.63, 3.8) is 0 Å². The summed E-state index contributed by atoms with van der Waals surface area (Å²) >= 11 is 0. The van der Waals surface area contributed by atoms with Gasteiger partial charge < -0.3 is 27.9 Å². The largest absolute Gasteiger partial charge is 0.756 e. The maximum atomic E-state index is 12.1. The number of phosphoric ester groups is 1. The Balaban J connectivity index is 4.17. The van der Waals surface area contributed by atoms with E-state index in [1.165, 1.54) is 0 Å². The summed E-state index contributed by atoms with van der Waals surface area (Å²) in [6, 6.07) is 0. The normalized spacial score (nSPS) is 15.1. The summed E-state index contributed by atoms with van der Waals surface area (Å²) in [6.45, 7) is 4.82. The molecule has 8 nitrogen and oxygen atoms in total. The zero-order valence-corrected chi connectivity index (χ0v) is 29.0. The van der Waals surface area contributed by atoms with E-state index in [0.29, 0.717) is 24.1 Å². The first kappa shape index (κ1) is 41.9. The van der Waals surface area contributed by atoms with E-state index in [1.807, 2.05) is 28.1 Å². The van der Waals surface area contributed by atoms with Crippen LogP contribution < -0.4 is 4.89 Å². The molecule has 0 N–H and O–H groups in total. The van der Waals surface area contributed by atoms with Crippen LogP contribution in [0.1, 0.15) is 84.5 Å². The average molecular weight is 638 g/mol. The number of ether oxygens (including phenoxy) is 2. The highest BCUT2D eigenvalue weighted by molar-refractivity contribution is 7.45. The second-order valence-electron chi connectivity index (χ2n) is 11.4. The summed E-state index contributed by atoms with van der Waals surface area (Å²) < 4.78 is 33.7. The van der Waals surface area contributed by atoms with Gasteiger partial charge in [-0.05, 0) is 57.8 Å². The summed E-state index contributed by atoms with van der Waals surface area (Å²) in [7, 11) is 1.30. The standard InChI is InChI=1S/C35H60NO7P/c1-6-8-10-11-12-13-14-15-16-17-18-19-20-21-22-23-24-25-26-27-30-40-32-34(43-35(37)28-9-7-2)33-42-44(38,39)41-31-29-36(3,4)5/h8,10,12-13,15-16,18-19,21-22,24-25,34H,6-7,9,11,14,17,20,23,26-33H2,1-5H3/b10-8-,13-12-,16-15-,19-18-,22-21-,25-24-. The van der Waals surface area contributed by atoms with E-state index in [9.17, 15) is 14.3 Å². The van der Waals surface area contributed by atoms with Crippen LogP contribution in [0, 0.1) is 0 Å². The van der Waals surface area contributed by atoms with Crippen LogP contribution in [-0.2, 0) is 27.9 Å². The van der Waals surface area contributed by atoms with E-state index in [0.717, 1.165) is 57.8 Å². The average Bonchev–Trinajstić information content (AvgIpc) is 2.96. The predicted molar refractivity (Wildman–Crippen MR) is 180 cm³/mol. The molecule has 0 aromatic heterocycles. The summed E-state index contributed by atoms with van der Waals surface area (Å²) in [4.78, 5) is 24.2. The molecule has 0 saturated heterocycles. The van der Waals surface area contributed by atoms with Crippen molar-refractivity contribution in [1.29, 1.82) is 0 Å². The number of quaternary nitrogens is 1. The molecule has 0 saturated carbocycles. The second kappa shape index (κ2) is 28.4. The van der Waals surface area contributed by atoms with Crippen LogP contribution in [0.2, 0.25) is 0 Å². The van der Waals surface area contributed by atoms with E-state index in [2.05, 4.69) is 79.8 Å². The molecule has 2 atom stereocenters. The molecule has 44 heavy (non-hydrogen) atoms. The monoisotopic (exact) mass is 637 g/mol. The Bertz CT molecular complexity index is 932. The number of likely N-dealkylation sites (N-methyl/N-ethyl adjacent to an activating group) is 1. The van der Waals surface area contributed by atoms with Gasteiger partial charge in [-0.15, -0.1) is 0 Å². The molecular formula is C35H60NO7P. The molecule has 252 valence electrons. The Morgan fingerprint density at radius 1 is 0.727 bits per heavy atom. The van der Waals surface area contributed by atoms with Gasteiger partial charge in [0.15, 0.2) is 0 Å². The molecular weight excluding hydrogens is 577 g/mol. The van der Waals surface area contributed by atoms with Gasteiger partial charge in [0.1, 0.15) is 19.3 Å². The molecule has 0 bridgehead atoms. The first-order chi connectivity index (χ1) is 21.1. The number of carbonyl (C=O) groups is 1. The third-order valence-electron chi connectivity index (χ3n) is 6.02. The molecule has 0 amide bonds. The summed E-state index contributed by atoms with van der Waals surface area (Å²) in [5.41, 5.74) is 0. The quantitative estimate of drug-likeness (QED) is 0.0284. The maximum absolute atomic E-state index is 12.1. The number of nitrogens with zero attached hydrogens (tertiary/aromatic N) is 1. The van der Waals surface area contributed by atoms with Crippen LogP contribution in [0.5, 0.6) is 0 Å². The molecule has 0 fully saturated rings. The topological polar surface area (TPSA) is 94.1 Å². The zero-order chi connectivity index (χ0) is 32.8. The Hall–Kier alpha value is -2.06. The van der Waals surface area contributed by atoms with Crippen molar-refractivity contribution in [3.8, 4) is 0 Å². The lowest BCUT2D eigenvalue weighted by molar-refractivity contribution is -0.870. The summed E-state index contributed by atoms with van der Waals surface area (Å²) in [5.74, 6) is -0.395. The minimum Gasteiger partial charge on any atom is -0.756 e. The van der Waals surface area contributed by atoms with Crippen LogP contribution in [0.15, 0.2) is 72.9 Å². The van der Waals surface area contributed by atoms with Gasteiger partial charge in [0.2, 0.25) is 0 Å². The number of carbonyl (C=O) groups excluding carboxylic acids is 1. The first-order valence-electron chi connectivity index (χ1n) is 16.2. The van der Waals surface area contributed by atoms with Gasteiger partial charge >= 0.3 is 5.97 Å². The summed E-state index contributed by atoms with van der Waals surface area (Å²) in [5, 5.41) is 0. The van der Waals surface area contributed by atoms with E-state index < -0.39 is 19.9 Å².